The smallest absolute Gasteiger partial charge is 0.449 e. The van der Waals surface area contributed by atoms with E-state index in [1.54, 1.807) is 30.3 Å². The van der Waals surface area contributed by atoms with Crippen molar-refractivity contribution in [2.24, 2.45) is 0 Å². The molecular formula is C10H8O4. The highest BCUT2D eigenvalue weighted by Gasteiger charge is 2.13. The van der Waals surface area contributed by atoms with Gasteiger partial charge in [0.15, 0.2) is 0 Å². The molecule has 0 saturated heterocycles. The van der Waals surface area contributed by atoms with Gasteiger partial charge in [-0.1, -0.05) is 36.9 Å². The van der Waals surface area contributed by atoms with Gasteiger partial charge in [0.2, 0.25) is 0 Å². The highest BCUT2D eigenvalue weighted by Crippen LogP contribution is 2.12. The Hall–Kier alpha value is -2.10. The predicted octanol–water partition coefficient (Wildman–Crippen LogP) is 1.92. The molecule has 0 aliphatic heterocycles. The van der Waals surface area contributed by atoms with E-state index in [4.69, 9.17) is 5.11 Å². The van der Waals surface area contributed by atoms with Crippen LogP contribution < -0.4 is 0 Å². The highest BCUT2D eigenvalue weighted by atomic mass is 16.7. The van der Waals surface area contributed by atoms with E-state index in [2.05, 4.69) is 11.3 Å². The minimum absolute atomic E-state index is 0.0213. The molecule has 0 spiro atoms. The monoisotopic (exact) mass is 192 g/mol. The summed E-state index contributed by atoms with van der Waals surface area (Å²) in [6.45, 7) is 3.44. The van der Waals surface area contributed by atoms with Gasteiger partial charge in [-0.25, -0.2) is 9.59 Å². The van der Waals surface area contributed by atoms with E-state index in [0.717, 1.165) is 0 Å². The van der Waals surface area contributed by atoms with Crippen molar-refractivity contribution in [1.82, 2.24) is 0 Å². The zero-order valence-electron chi connectivity index (χ0n) is 7.27. The van der Waals surface area contributed by atoms with Crippen LogP contribution >= 0.6 is 0 Å². The Labute approximate surface area is 80.4 Å². The first-order valence-electron chi connectivity index (χ1n) is 3.80. The average molecular weight is 192 g/mol. The molecule has 1 N–H and O–H groups in total. The quantitative estimate of drug-likeness (QED) is 0.441. The lowest BCUT2D eigenvalue weighted by Crippen LogP contribution is -2.10. The number of carboxylic acid groups (broad SMARTS) is 1. The van der Waals surface area contributed by atoms with Crippen LogP contribution in [0.4, 0.5) is 4.79 Å². The van der Waals surface area contributed by atoms with Crippen molar-refractivity contribution in [3.05, 3.63) is 42.5 Å². The predicted molar refractivity (Wildman–Crippen MR) is 49.6 cm³/mol. The molecule has 72 valence electrons. The molecule has 0 saturated carbocycles. The van der Waals surface area contributed by atoms with Crippen molar-refractivity contribution in [2.45, 2.75) is 0 Å². The Kier molecular flexibility index (Phi) is 3.01. The minimum Gasteiger partial charge on any atom is -0.449 e. The van der Waals surface area contributed by atoms with Gasteiger partial charge in [0.25, 0.3) is 0 Å². The number of hydrogen-bond donors (Lipinski definition) is 1. The summed E-state index contributed by atoms with van der Waals surface area (Å²) in [4.78, 5) is 21.1. The first-order valence-corrected chi connectivity index (χ1v) is 3.80. The summed E-state index contributed by atoms with van der Waals surface area (Å²) in [6, 6.07) is 8.50. The summed E-state index contributed by atoms with van der Waals surface area (Å²) in [7, 11) is 0. The first kappa shape index (κ1) is 9.98. The molecule has 0 atom stereocenters. The van der Waals surface area contributed by atoms with Crippen LogP contribution in [-0.4, -0.2) is 17.2 Å². The van der Waals surface area contributed by atoms with Crippen molar-refractivity contribution in [2.75, 3.05) is 0 Å². The Morgan fingerprint density at radius 1 is 1.21 bits per heavy atom. The molecule has 1 rings (SSSR count). The molecule has 0 aliphatic rings. The summed E-state index contributed by atoms with van der Waals surface area (Å²) >= 11 is 0. The van der Waals surface area contributed by atoms with E-state index in [1.165, 1.54) is 0 Å². The third kappa shape index (κ3) is 2.45. The van der Waals surface area contributed by atoms with E-state index < -0.39 is 12.1 Å². The van der Waals surface area contributed by atoms with Crippen LogP contribution in [0, 0.1) is 0 Å². The van der Waals surface area contributed by atoms with Gasteiger partial charge in [0.1, 0.15) is 0 Å². The van der Waals surface area contributed by atoms with E-state index in [9.17, 15) is 9.59 Å². The van der Waals surface area contributed by atoms with Crippen molar-refractivity contribution >= 4 is 17.7 Å². The van der Waals surface area contributed by atoms with Crippen LogP contribution in [-0.2, 0) is 9.53 Å². The molecule has 0 bridgehead atoms. The zero-order chi connectivity index (χ0) is 10.6. The highest BCUT2D eigenvalue weighted by molar-refractivity contribution is 6.17. The van der Waals surface area contributed by atoms with Gasteiger partial charge in [-0.15, -0.1) is 0 Å². The maximum atomic E-state index is 11.1. The maximum absolute atomic E-state index is 11.1. The molecule has 4 heteroatoms. The van der Waals surface area contributed by atoms with Crippen LogP contribution in [0.5, 0.6) is 0 Å². The average Bonchev–Trinajstić information content (AvgIpc) is 2.17. The lowest BCUT2D eigenvalue weighted by molar-refractivity contribution is -0.132. The molecule has 0 unspecified atom stereocenters. The molecule has 1 aromatic rings. The van der Waals surface area contributed by atoms with Gasteiger partial charge < -0.3 is 9.84 Å². The number of esters is 1. The van der Waals surface area contributed by atoms with Gasteiger partial charge >= 0.3 is 12.1 Å². The van der Waals surface area contributed by atoms with Gasteiger partial charge in [-0.2, -0.15) is 0 Å². The SMILES string of the molecule is C=C(C(=O)OC(=O)O)c1ccccc1. The number of benzene rings is 1. The van der Waals surface area contributed by atoms with Crippen molar-refractivity contribution < 1.29 is 19.4 Å². The van der Waals surface area contributed by atoms with Crippen molar-refractivity contribution in [3.8, 4) is 0 Å². The molecule has 0 heterocycles. The number of carbonyl (C=O) groups excluding carboxylic acids is 1. The van der Waals surface area contributed by atoms with Gasteiger partial charge in [-0.05, 0) is 5.56 Å². The molecule has 4 nitrogen and oxygen atoms in total. The van der Waals surface area contributed by atoms with E-state index in [-0.39, 0.29) is 5.57 Å². The second-order valence-electron chi connectivity index (χ2n) is 2.50. The van der Waals surface area contributed by atoms with Crippen LogP contribution in [0.25, 0.3) is 5.57 Å². The van der Waals surface area contributed by atoms with Gasteiger partial charge in [0, 0.05) is 0 Å². The molecule has 0 aliphatic carbocycles. The Bertz CT molecular complexity index is 367. The Morgan fingerprint density at radius 2 is 1.79 bits per heavy atom. The Balaban J connectivity index is 2.76. The summed E-state index contributed by atoms with van der Waals surface area (Å²) in [5.41, 5.74) is 0.562. The second kappa shape index (κ2) is 4.23. The van der Waals surface area contributed by atoms with Gasteiger partial charge in [-0.3, -0.25) is 0 Å². The summed E-state index contributed by atoms with van der Waals surface area (Å²) in [5.74, 6) is -0.955. The lowest BCUT2D eigenvalue weighted by atomic mass is 10.1. The fourth-order valence-electron chi connectivity index (χ4n) is 0.898. The number of ether oxygens (including phenoxy) is 1. The number of carbonyl (C=O) groups is 2. The fourth-order valence-corrected chi connectivity index (χ4v) is 0.898. The molecule has 0 aromatic heterocycles. The molecule has 1 aromatic carbocycles. The van der Waals surface area contributed by atoms with Gasteiger partial charge in [0.05, 0.1) is 5.57 Å². The van der Waals surface area contributed by atoms with Crippen LogP contribution in [0.1, 0.15) is 5.56 Å². The van der Waals surface area contributed by atoms with E-state index >= 15 is 0 Å². The molecule has 14 heavy (non-hydrogen) atoms. The molecule has 0 radical (unpaired) electrons. The summed E-state index contributed by atoms with van der Waals surface area (Å²) in [6.07, 6.45) is -1.63. The lowest BCUT2D eigenvalue weighted by Gasteiger charge is -2.02. The maximum Gasteiger partial charge on any atom is 0.513 e. The van der Waals surface area contributed by atoms with Crippen molar-refractivity contribution in [1.29, 1.82) is 0 Å². The Morgan fingerprint density at radius 3 is 2.29 bits per heavy atom. The van der Waals surface area contributed by atoms with Crippen LogP contribution in [0.15, 0.2) is 36.9 Å². The third-order valence-electron chi connectivity index (χ3n) is 1.55. The summed E-state index contributed by atoms with van der Waals surface area (Å²) < 4.78 is 3.94. The second-order valence-corrected chi connectivity index (χ2v) is 2.50. The first-order chi connectivity index (χ1) is 6.61. The molecule has 0 amide bonds. The molecular weight excluding hydrogens is 184 g/mol. The minimum atomic E-state index is -1.63. The molecule has 0 fully saturated rings. The van der Waals surface area contributed by atoms with Crippen LogP contribution in [0.3, 0.4) is 0 Å². The topological polar surface area (TPSA) is 63.6 Å². The summed E-state index contributed by atoms with van der Waals surface area (Å²) in [5, 5.41) is 8.20. The zero-order valence-corrected chi connectivity index (χ0v) is 7.27. The standard InChI is InChI=1S/C10H8O4/c1-7(9(11)14-10(12)13)8-5-3-2-4-6-8/h2-6H,1H2,(H,12,13). The fraction of sp³-hybridized carbons (Fsp3) is 0. The number of hydrogen-bond acceptors (Lipinski definition) is 3. The largest absolute Gasteiger partial charge is 0.513 e. The number of rotatable bonds is 2. The van der Waals surface area contributed by atoms with Crippen molar-refractivity contribution in [3.63, 3.8) is 0 Å². The van der Waals surface area contributed by atoms with Crippen LogP contribution in [0.2, 0.25) is 0 Å². The van der Waals surface area contributed by atoms with E-state index in [1.807, 2.05) is 0 Å². The van der Waals surface area contributed by atoms with E-state index in [0.29, 0.717) is 5.56 Å². The third-order valence-corrected chi connectivity index (χ3v) is 1.55. The normalized spacial score (nSPS) is 9.14.